The van der Waals surface area contributed by atoms with Gasteiger partial charge >= 0.3 is 0 Å². The molecule has 1 amide bonds. The molecule has 2 N–H and O–H groups in total. The van der Waals surface area contributed by atoms with Crippen molar-refractivity contribution in [2.45, 2.75) is 40.2 Å². The summed E-state index contributed by atoms with van der Waals surface area (Å²) in [6.45, 7) is 7.80. The second kappa shape index (κ2) is 5.97. The van der Waals surface area contributed by atoms with E-state index < -0.39 is 0 Å². The predicted octanol–water partition coefficient (Wildman–Crippen LogP) is 1.17. The van der Waals surface area contributed by atoms with E-state index in [1.54, 1.807) is 0 Å². The minimum atomic E-state index is -0.0973. The predicted molar refractivity (Wildman–Crippen MR) is 53.3 cm³/mol. The normalized spacial score (nSPS) is 15.5. The molecule has 0 aromatic carbocycles. The summed E-state index contributed by atoms with van der Waals surface area (Å²) in [5, 5.41) is 11.9. The van der Waals surface area contributed by atoms with Gasteiger partial charge in [0, 0.05) is 5.92 Å². The first-order valence-corrected chi connectivity index (χ1v) is 4.94. The van der Waals surface area contributed by atoms with E-state index in [-0.39, 0.29) is 24.5 Å². The molecule has 0 heterocycles. The summed E-state index contributed by atoms with van der Waals surface area (Å²) in [7, 11) is 0. The number of hydrogen-bond acceptors (Lipinski definition) is 2. The van der Waals surface area contributed by atoms with E-state index in [0.29, 0.717) is 5.92 Å². The molecule has 0 aromatic rings. The fraction of sp³-hybridized carbons (Fsp3) is 0.900. The van der Waals surface area contributed by atoms with Crippen molar-refractivity contribution in [1.82, 2.24) is 5.32 Å². The van der Waals surface area contributed by atoms with Crippen LogP contribution in [0.2, 0.25) is 0 Å². The molecule has 0 aliphatic carbocycles. The molecule has 0 spiro atoms. The van der Waals surface area contributed by atoms with Crippen molar-refractivity contribution in [1.29, 1.82) is 0 Å². The summed E-state index contributed by atoms with van der Waals surface area (Å²) in [5.41, 5.74) is 0. The number of amides is 1. The van der Waals surface area contributed by atoms with Gasteiger partial charge in [-0.1, -0.05) is 34.1 Å². The van der Waals surface area contributed by atoms with E-state index in [2.05, 4.69) is 12.2 Å². The third-order valence-electron chi connectivity index (χ3n) is 2.38. The fourth-order valence-corrected chi connectivity index (χ4v) is 1.00. The van der Waals surface area contributed by atoms with Crippen LogP contribution in [-0.4, -0.2) is 23.7 Å². The molecular weight excluding hydrogens is 166 g/mol. The Morgan fingerprint density at radius 1 is 1.38 bits per heavy atom. The van der Waals surface area contributed by atoms with Crippen LogP contribution in [0.1, 0.15) is 34.1 Å². The first-order chi connectivity index (χ1) is 6.02. The third kappa shape index (κ3) is 4.27. The zero-order valence-electron chi connectivity index (χ0n) is 9.00. The minimum Gasteiger partial charge on any atom is -0.394 e. The van der Waals surface area contributed by atoms with E-state index in [0.717, 1.165) is 6.42 Å². The Labute approximate surface area is 80.5 Å². The van der Waals surface area contributed by atoms with E-state index in [9.17, 15) is 4.79 Å². The number of carbonyl (C=O) groups excluding carboxylic acids is 1. The lowest BCUT2D eigenvalue weighted by Gasteiger charge is -2.23. The number of aliphatic hydroxyl groups is 1. The van der Waals surface area contributed by atoms with Crippen LogP contribution in [0, 0.1) is 11.8 Å². The Kier molecular flexibility index (Phi) is 5.71. The number of hydrogen-bond donors (Lipinski definition) is 2. The number of aliphatic hydroxyl groups excluding tert-OH is 1. The lowest BCUT2D eigenvalue weighted by molar-refractivity contribution is -0.125. The number of rotatable bonds is 5. The fourth-order valence-electron chi connectivity index (χ4n) is 1.00. The summed E-state index contributed by atoms with van der Waals surface area (Å²) < 4.78 is 0. The first-order valence-electron chi connectivity index (χ1n) is 4.94. The second-order valence-corrected chi connectivity index (χ2v) is 3.84. The maximum absolute atomic E-state index is 11.3. The zero-order chi connectivity index (χ0) is 10.4. The molecule has 3 heteroatoms. The van der Waals surface area contributed by atoms with Gasteiger partial charge in [-0.25, -0.2) is 0 Å². The molecule has 0 aromatic heterocycles. The van der Waals surface area contributed by atoms with Crippen molar-refractivity contribution >= 4 is 5.91 Å². The van der Waals surface area contributed by atoms with Gasteiger partial charge in [0.25, 0.3) is 0 Å². The van der Waals surface area contributed by atoms with Crippen molar-refractivity contribution in [2.75, 3.05) is 6.61 Å². The van der Waals surface area contributed by atoms with Crippen LogP contribution in [0.3, 0.4) is 0 Å². The molecule has 0 aliphatic heterocycles. The summed E-state index contributed by atoms with van der Waals surface area (Å²) in [4.78, 5) is 11.3. The Hall–Kier alpha value is -0.570. The monoisotopic (exact) mass is 187 g/mol. The van der Waals surface area contributed by atoms with E-state index in [1.165, 1.54) is 0 Å². The largest absolute Gasteiger partial charge is 0.394 e. The average molecular weight is 187 g/mol. The molecule has 0 rings (SSSR count). The number of nitrogens with one attached hydrogen (secondary N) is 1. The molecule has 2 unspecified atom stereocenters. The SMILES string of the molecule is CCC(C)C(CO)NC(=O)C(C)C. The van der Waals surface area contributed by atoms with Crippen molar-refractivity contribution < 1.29 is 9.90 Å². The van der Waals surface area contributed by atoms with Crippen LogP contribution in [0.4, 0.5) is 0 Å². The molecule has 0 bridgehead atoms. The van der Waals surface area contributed by atoms with E-state index in [1.807, 2.05) is 20.8 Å². The summed E-state index contributed by atoms with van der Waals surface area (Å²) in [6, 6.07) is -0.0973. The van der Waals surface area contributed by atoms with Gasteiger partial charge in [0.05, 0.1) is 12.6 Å². The molecular formula is C10H21NO2. The Balaban J connectivity index is 4.05. The van der Waals surface area contributed by atoms with Gasteiger partial charge in [0.1, 0.15) is 0 Å². The highest BCUT2D eigenvalue weighted by molar-refractivity contribution is 5.78. The standard InChI is InChI=1S/C10H21NO2/c1-5-8(4)9(6-12)11-10(13)7(2)3/h7-9,12H,5-6H2,1-4H3,(H,11,13). The molecule has 0 fully saturated rings. The van der Waals surface area contributed by atoms with Gasteiger partial charge < -0.3 is 10.4 Å². The Morgan fingerprint density at radius 2 is 1.92 bits per heavy atom. The van der Waals surface area contributed by atoms with Gasteiger partial charge in [0.2, 0.25) is 5.91 Å². The molecule has 13 heavy (non-hydrogen) atoms. The van der Waals surface area contributed by atoms with Crippen LogP contribution >= 0.6 is 0 Å². The van der Waals surface area contributed by atoms with Crippen molar-refractivity contribution in [3.63, 3.8) is 0 Å². The van der Waals surface area contributed by atoms with Crippen molar-refractivity contribution in [2.24, 2.45) is 11.8 Å². The molecule has 0 saturated carbocycles. The number of carbonyl (C=O) groups is 1. The molecule has 2 atom stereocenters. The third-order valence-corrected chi connectivity index (χ3v) is 2.38. The minimum absolute atomic E-state index is 0.0133. The van der Waals surface area contributed by atoms with E-state index in [4.69, 9.17) is 5.11 Å². The van der Waals surface area contributed by atoms with Gasteiger partial charge in [-0.05, 0) is 5.92 Å². The first kappa shape index (κ1) is 12.4. The zero-order valence-corrected chi connectivity index (χ0v) is 9.00. The molecule has 0 aliphatic rings. The van der Waals surface area contributed by atoms with Gasteiger partial charge in [0.15, 0.2) is 0 Å². The lowest BCUT2D eigenvalue weighted by Crippen LogP contribution is -2.43. The Bertz CT molecular complexity index is 157. The summed E-state index contributed by atoms with van der Waals surface area (Å²) in [5.74, 6) is 0.324. The van der Waals surface area contributed by atoms with Crippen LogP contribution in [0.25, 0.3) is 0 Å². The van der Waals surface area contributed by atoms with Crippen LogP contribution < -0.4 is 5.32 Å². The van der Waals surface area contributed by atoms with Crippen LogP contribution in [-0.2, 0) is 4.79 Å². The topological polar surface area (TPSA) is 49.3 Å². The average Bonchev–Trinajstić information content (AvgIpc) is 2.12. The molecule has 0 radical (unpaired) electrons. The van der Waals surface area contributed by atoms with Gasteiger partial charge in [-0.15, -0.1) is 0 Å². The highest BCUT2D eigenvalue weighted by Gasteiger charge is 2.18. The highest BCUT2D eigenvalue weighted by atomic mass is 16.3. The van der Waals surface area contributed by atoms with Gasteiger partial charge in [-0.3, -0.25) is 4.79 Å². The Morgan fingerprint density at radius 3 is 2.23 bits per heavy atom. The van der Waals surface area contributed by atoms with Crippen LogP contribution in [0.15, 0.2) is 0 Å². The summed E-state index contributed by atoms with van der Waals surface area (Å²) >= 11 is 0. The molecule has 78 valence electrons. The highest BCUT2D eigenvalue weighted by Crippen LogP contribution is 2.07. The second-order valence-electron chi connectivity index (χ2n) is 3.84. The maximum Gasteiger partial charge on any atom is 0.222 e. The van der Waals surface area contributed by atoms with E-state index >= 15 is 0 Å². The van der Waals surface area contributed by atoms with Gasteiger partial charge in [-0.2, -0.15) is 0 Å². The quantitative estimate of drug-likeness (QED) is 0.678. The van der Waals surface area contributed by atoms with Crippen LogP contribution in [0.5, 0.6) is 0 Å². The smallest absolute Gasteiger partial charge is 0.222 e. The maximum atomic E-state index is 11.3. The molecule has 3 nitrogen and oxygen atoms in total. The summed E-state index contributed by atoms with van der Waals surface area (Å²) in [6.07, 6.45) is 0.962. The lowest BCUT2D eigenvalue weighted by atomic mass is 9.99. The van der Waals surface area contributed by atoms with Crippen molar-refractivity contribution in [3.05, 3.63) is 0 Å². The molecule has 0 saturated heterocycles. The van der Waals surface area contributed by atoms with Crippen molar-refractivity contribution in [3.8, 4) is 0 Å².